The van der Waals surface area contributed by atoms with E-state index in [1.807, 2.05) is 0 Å². The molecule has 0 amide bonds. The van der Waals surface area contributed by atoms with Crippen LogP contribution in [0.25, 0.3) is 0 Å². The third-order valence-electron chi connectivity index (χ3n) is 8.26. The third-order valence-corrected chi connectivity index (χ3v) is 8.26. The molecule has 2 nitrogen and oxygen atoms in total. The highest BCUT2D eigenvalue weighted by Gasteiger charge is 3.00. The quantitative estimate of drug-likeness (QED) is 0.805. The molecular formula is C23H24O2. The molecule has 4 bridgehead atoms. The first kappa shape index (κ1) is 14.5. The van der Waals surface area contributed by atoms with Crippen molar-refractivity contribution >= 4 is 0 Å². The first-order chi connectivity index (χ1) is 12.1. The van der Waals surface area contributed by atoms with E-state index in [1.54, 1.807) is 0 Å². The van der Waals surface area contributed by atoms with Gasteiger partial charge in [-0.2, -0.15) is 0 Å². The molecule has 0 N–H and O–H groups in total. The van der Waals surface area contributed by atoms with Crippen LogP contribution in [0.15, 0.2) is 60.7 Å². The molecule has 5 atom stereocenters. The maximum atomic E-state index is 6.49. The lowest BCUT2D eigenvalue weighted by molar-refractivity contribution is -0.239. The summed E-state index contributed by atoms with van der Waals surface area (Å²) in [7, 11) is 0. The van der Waals surface area contributed by atoms with Crippen molar-refractivity contribution in [3.63, 3.8) is 0 Å². The van der Waals surface area contributed by atoms with Crippen LogP contribution in [-0.4, -0.2) is 19.0 Å². The molecule has 25 heavy (non-hydrogen) atoms. The fraction of sp³-hybridized carbons (Fsp3) is 0.478. The van der Waals surface area contributed by atoms with Gasteiger partial charge in [-0.25, -0.2) is 0 Å². The summed E-state index contributed by atoms with van der Waals surface area (Å²) in [5, 5.41) is 0. The average molecular weight is 332 g/mol. The highest BCUT2D eigenvalue weighted by atomic mass is 16.7. The van der Waals surface area contributed by atoms with Gasteiger partial charge in [0.15, 0.2) is 5.79 Å². The van der Waals surface area contributed by atoms with E-state index in [9.17, 15) is 0 Å². The van der Waals surface area contributed by atoms with Crippen LogP contribution in [0.4, 0.5) is 0 Å². The Hall–Kier alpha value is -1.64. The van der Waals surface area contributed by atoms with E-state index in [1.165, 1.54) is 17.5 Å². The van der Waals surface area contributed by atoms with Gasteiger partial charge in [0.05, 0.1) is 13.2 Å². The second kappa shape index (κ2) is 4.19. The molecule has 1 aliphatic heterocycles. The van der Waals surface area contributed by atoms with Crippen LogP contribution < -0.4 is 0 Å². The van der Waals surface area contributed by atoms with Crippen LogP contribution in [0.3, 0.4) is 0 Å². The Balaban J connectivity index is 1.65. The van der Waals surface area contributed by atoms with Crippen LogP contribution in [0.1, 0.15) is 37.3 Å². The average Bonchev–Trinajstić information content (AvgIpc) is 3.10. The molecule has 1 heterocycles. The molecule has 0 unspecified atom stereocenters. The lowest BCUT2D eigenvalue weighted by atomic mass is 9.71. The lowest BCUT2D eigenvalue weighted by Crippen LogP contribution is -2.47. The van der Waals surface area contributed by atoms with Crippen molar-refractivity contribution in [1.82, 2.24) is 0 Å². The largest absolute Gasteiger partial charge is 0.346 e. The molecule has 2 aromatic carbocycles. The van der Waals surface area contributed by atoms with Gasteiger partial charge < -0.3 is 9.47 Å². The molecule has 4 saturated carbocycles. The fourth-order valence-electron chi connectivity index (χ4n) is 7.77. The van der Waals surface area contributed by atoms with Crippen molar-refractivity contribution < 1.29 is 9.47 Å². The van der Waals surface area contributed by atoms with Crippen LogP contribution in [0.2, 0.25) is 0 Å². The summed E-state index contributed by atoms with van der Waals surface area (Å²) in [6.07, 6.45) is 1.19. The summed E-state index contributed by atoms with van der Waals surface area (Å²) in [6.45, 7) is 6.31. The summed E-state index contributed by atoms with van der Waals surface area (Å²) in [5.41, 5.74) is 3.13. The number of hydrogen-bond donors (Lipinski definition) is 0. The molecule has 128 valence electrons. The van der Waals surface area contributed by atoms with E-state index in [-0.39, 0.29) is 16.2 Å². The molecule has 0 radical (unpaired) electrons. The van der Waals surface area contributed by atoms with Crippen LogP contribution in [0, 0.1) is 16.7 Å². The lowest BCUT2D eigenvalue weighted by Gasteiger charge is -2.41. The molecule has 5 aliphatic rings. The van der Waals surface area contributed by atoms with Gasteiger partial charge >= 0.3 is 0 Å². The Morgan fingerprint density at radius 2 is 1.44 bits per heavy atom. The van der Waals surface area contributed by atoms with Gasteiger partial charge in [0, 0.05) is 22.2 Å². The minimum Gasteiger partial charge on any atom is -0.346 e. The van der Waals surface area contributed by atoms with Gasteiger partial charge in [0.25, 0.3) is 0 Å². The van der Waals surface area contributed by atoms with E-state index in [2.05, 4.69) is 74.5 Å². The van der Waals surface area contributed by atoms with E-state index < -0.39 is 5.79 Å². The SMILES string of the molecule is C[C@]12C[C@@H]3[C@@](c4ccccc4)([C@@H]1c1ccccc1)[C@]3(C)C21OCCO1. The molecule has 2 aromatic rings. The van der Waals surface area contributed by atoms with Gasteiger partial charge in [-0.1, -0.05) is 74.5 Å². The van der Waals surface area contributed by atoms with Crippen molar-refractivity contribution in [3.05, 3.63) is 71.8 Å². The number of benzene rings is 2. The Morgan fingerprint density at radius 3 is 2.08 bits per heavy atom. The van der Waals surface area contributed by atoms with E-state index in [4.69, 9.17) is 9.47 Å². The molecule has 1 spiro atoms. The minimum absolute atomic E-state index is 0.0279. The summed E-state index contributed by atoms with van der Waals surface area (Å²) < 4.78 is 13.0. The molecule has 2 heteroatoms. The maximum absolute atomic E-state index is 6.49. The van der Waals surface area contributed by atoms with Crippen LogP contribution in [-0.2, 0) is 14.9 Å². The minimum atomic E-state index is -0.430. The van der Waals surface area contributed by atoms with Gasteiger partial charge in [-0.05, 0) is 23.5 Å². The molecule has 7 rings (SSSR count). The van der Waals surface area contributed by atoms with Crippen molar-refractivity contribution in [2.75, 3.05) is 13.2 Å². The summed E-state index contributed by atoms with van der Waals surface area (Å²) in [4.78, 5) is 0. The predicted octanol–water partition coefficient (Wildman–Crippen LogP) is 4.51. The van der Waals surface area contributed by atoms with E-state index >= 15 is 0 Å². The predicted molar refractivity (Wildman–Crippen MR) is 96.3 cm³/mol. The number of rotatable bonds is 2. The highest BCUT2D eigenvalue weighted by Crippen LogP contribution is 2.98. The second-order valence-electron chi connectivity index (χ2n) is 8.77. The topological polar surface area (TPSA) is 18.5 Å². The van der Waals surface area contributed by atoms with E-state index in [0.29, 0.717) is 11.8 Å². The van der Waals surface area contributed by atoms with Gasteiger partial charge in [0.2, 0.25) is 0 Å². The van der Waals surface area contributed by atoms with Crippen LogP contribution in [0.5, 0.6) is 0 Å². The summed E-state index contributed by atoms with van der Waals surface area (Å²) >= 11 is 0. The standard InChI is InChI=1S/C23H24O2/c1-20-15-18-21(2,23(20)24-13-14-25-23)22(18,17-11-7-4-8-12-17)19(20)16-9-5-3-6-10-16/h3-12,18-19H,13-15H2,1-2H3/t18-,19+,20-,21+,22-/m0/s1. The van der Waals surface area contributed by atoms with Crippen molar-refractivity contribution in [1.29, 1.82) is 0 Å². The fourth-order valence-corrected chi connectivity index (χ4v) is 7.77. The third kappa shape index (κ3) is 1.21. The Kier molecular flexibility index (Phi) is 2.43. The van der Waals surface area contributed by atoms with Crippen LogP contribution >= 0.6 is 0 Å². The zero-order valence-corrected chi connectivity index (χ0v) is 14.9. The Morgan fingerprint density at radius 1 is 0.840 bits per heavy atom. The monoisotopic (exact) mass is 332 g/mol. The van der Waals surface area contributed by atoms with Gasteiger partial charge in [-0.3, -0.25) is 0 Å². The molecule has 0 aromatic heterocycles. The van der Waals surface area contributed by atoms with Gasteiger partial charge in [-0.15, -0.1) is 0 Å². The van der Waals surface area contributed by atoms with E-state index in [0.717, 1.165) is 13.2 Å². The van der Waals surface area contributed by atoms with Crippen molar-refractivity contribution in [2.45, 2.75) is 37.4 Å². The second-order valence-corrected chi connectivity index (χ2v) is 8.77. The van der Waals surface area contributed by atoms with Crippen molar-refractivity contribution in [3.8, 4) is 0 Å². The zero-order chi connectivity index (χ0) is 16.9. The number of hydrogen-bond acceptors (Lipinski definition) is 2. The number of ether oxygens (including phenoxy) is 2. The van der Waals surface area contributed by atoms with Gasteiger partial charge in [0.1, 0.15) is 0 Å². The Bertz CT molecular complexity index is 835. The van der Waals surface area contributed by atoms with Crippen molar-refractivity contribution in [2.24, 2.45) is 16.7 Å². The smallest absolute Gasteiger partial charge is 0.180 e. The summed E-state index contributed by atoms with van der Waals surface area (Å²) in [5.74, 6) is 0.647. The summed E-state index contributed by atoms with van der Waals surface area (Å²) in [6, 6.07) is 22.2. The molecule has 4 aliphatic carbocycles. The molecule has 1 saturated heterocycles. The first-order valence-corrected chi connectivity index (χ1v) is 9.51. The Labute approximate surface area is 149 Å². The zero-order valence-electron chi connectivity index (χ0n) is 14.9. The highest BCUT2D eigenvalue weighted by molar-refractivity contribution is 5.60. The molecular weight excluding hydrogens is 308 g/mol. The normalized spacial score (nSPS) is 45.2. The first-order valence-electron chi connectivity index (χ1n) is 9.51. The molecule has 5 fully saturated rings. The maximum Gasteiger partial charge on any atom is 0.180 e.